The zero-order chi connectivity index (χ0) is 15.1. The molecule has 0 radical (unpaired) electrons. The van der Waals surface area contributed by atoms with Crippen LogP contribution in [0.1, 0.15) is 17.5 Å². The first-order chi connectivity index (χ1) is 10.1. The molecule has 0 spiro atoms. The van der Waals surface area contributed by atoms with Crippen molar-refractivity contribution in [2.24, 2.45) is 0 Å². The number of nitrogens with two attached hydrogens (primary N) is 1. The predicted molar refractivity (Wildman–Crippen MR) is 88.5 cm³/mol. The third-order valence-electron chi connectivity index (χ3n) is 3.37. The first-order valence-corrected chi connectivity index (χ1v) is 7.36. The molecular weight excluding hydrogens is 260 g/mol. The fraction of sp³-hybridized carbons (Fsp3) is 0.333. The van der Waals surface area contributed by atoms with Gasteiger partial charge in [-0.1, -0.05) is 29.8 Å². The summed E-state index contributed by atoms with van der Waals surface area (Å²) in [5.74, 6) is 0.880. The van der Waals surface area contributed by atoms with E-state index < -0.39 is 0 Å². The summed E-state index contributed by atoms with van der Waals surface area (Å²) in [4.78, 5) is 2.32. The van der Waals surface area contributed by atoms with Gasteiger partial charge in [-0.05, 0) is 50.2 Å². The molecule has 0 aliphatic carbocycles. The number of benzene rings is 2. The topological polar surface area (TPSA) is 38.5 Å². The maximum atomic E-state index is 5.70. The monoisotopic (exact) mass is 284 g/mol. The molecule has 0 bridgehead atoms. The lowest BCUT2D eigenvalue weighted by Gasteiger charge is -2.17. The first kappa shape index (κ1) is 15.4. The SMILES string of the molecule is Cc1cccc(CN(C)CCCOc2ccc(N)cc2)c1. The Labute approximate surface area is 127 Å². The Kier molecular flexibility index (Phi) is 5.64. The molecular formula is C18H24N2O. The second-order valence-corrected chi connectivity index (χ2v) is 5.50. The molecule has 2 aromatic rings. The molecule has 2 N–H and O–H groups in total. The van der Waals surface area contributed by atoms with Gasteiger partial charge in [0.25, 0.3) is 0 Å². The van der Waals surface area contributed by atoms with Gasteiger partial charge in [-0.25, -0.2) is 0 Å². The van der Waals surface area contributed by atoms with Gasteiger partial charge in [0.1, 0.15) is 5.75 Å². The second kappa shape index (κ2) is 7.70. The number of rotatable bonds is 7. The normalized spacial score (nSPS) is 10.8. The van der Waals surface area contributed by atoms with E-state index in [2.05, 4.69) is 43.1 Å². The Morgan fingerprint density at radius 3 is 2.57 bits per heavy atom. The lowest BCUT2D eigenvalue weighted by Crippen LogP contribution is -2.20. The van der Waals surface area contributed by atoms with Crippen molar-refractivity contribution in [3.05, 3.63) is 59.7 Å². The Morgan fingerprint density at radius 1 is 1.10 bits per heavy atom. The van der Waals surface area contributed by atoms with Crippen LogP contribution in [0.25, 0.3) is 0 Å². The molecule has 2 aromatic carbocycles. The van der Waals surface area contributed by atoms with Crippen molar-refractivity contribution >= 4 is 5.69 Å². The molecule has 0 aliphatic heterocycles. The van der Waals surface area contributed by atoms with E-state index in [9.17, 15) is 0 Å². The second-order valence-electron chi connectivity index (χ2n) is 5.50. The predicted octanol–water partition coefficient (Wildman–Crippen LogP) is 3.48. The van der Waals surface area contributed by atoms with Crippen LogP contribution in [0.3, 0.4) is 0 Å². The molecule has 2 rings (SSSR count). The van der Waals surface area contributed by atoms with E-state index in [1.165, 1.54) is 11.1 Å². The van der Waals surface area contributed by atoms with Crippen LogP contribution >= 0.6 is 0 Å². The Morgan fingerprint density at radius 2 is 1.86 bits per heavy atom. The number of nitrogen functional groups attached to an aromatic ring is 1. The third-order valence-corrected chi connectivity index (χ3v) is 3.37. The van der Waals surface area contributed by atoms with Crippen LogP contribution in [0.15, 0.2) is 48.5 Å². The summed E-state index contributed by atoms with van der Waals surface area (Å²) in [5, 5.41) is 0. The first-order valence-electron chi connectivity index (χ1n) is 7.36. The van der Waals surface area contributed by atoms with Gasteiger partial charge < -0.3 is 15.4 Å². The average Bonchev–Trinajstić information content (AvgIpc) is 2.45. The highest BCUT2D eigenvalue weighted by molar-refractivity contribution is 5.41. The van der Waals surface area contributed by atoms with Gasteiger partial charge >= 0.3 is 0 Å². The highest BCUT2D eigenvalue weighted by atomic mass is 16.5. The molecule has 112 valence electrons. The summed E-state index contributed by atoms with van der Waals surface area (Å²) < 4.78 is 5.70. The van der Waals surface area contributed by atoms with Crippen molar-refractivity contribution in [2.45, 2.75) is 19.9 Å². The quantitative estimate of drug-likeness (QED) is 0.625. The molecule has 0 fully saturated rings. The minimum atomic E-state index is 0.724. The number of anilines is 1. The highest BCUT2D eigenvalue weighted by Crippen LogP contribution is 2.13. The minimum Gasteiger partial charge on any atom is -0.494 e. The maximum Gasteiger partial charge on any atom is 0.119 e. The van der Waals surface area contributed by atoms with E-state index in [0.29, 0.717) is 0 Å². The van der Waals surface area contributed by atoms with E-state index in [-0.39, 0.29) is 0 Å². The zero-order valence-corrected chi connectivity index (χ0v) is 12.9. The molecule has 0 saturated carbocycles. The van der Waals surface area contributed by atoms with Gasteiger partial charge in [0, 0.05) is 18.8 Å². The average molecular weight is 284 g/mol. The molecule has 0 aromatic heterocycles. The van der Waals surface area contributed by atoms with Crippen LogP contribution in [0.4, 0.5) is 5.69 Å². The van der Waals surface area contributed by atoms with Crippen molar-refractivity contribution in [1.29, 1.82) is 0 Å². The molecule has 3 heteroatoms. The zero-order valence-electron chi connectivity index (χ0n) is 12.9. The number of ether oxygens (including phenoxy) is 1. The Balaban J connectivity index is 1.67. The third kappa shape index (κ3) is 5.48. The summed E-state index contributed by atoms with van der Waals surface area (Å²) in [6, 6.07) is 16.2. The van der Waals surface area contributed by atoms with Gasteiger partial charge in [0.15, 0.2) is 0 Å². The highest BCUT2D eigenvalue weighted by Gasteiger charge is 2.01. The van der Waals surface area contributed by atoms with Gasteiger partial charge in [-0.3, -0.25) is 0 Å². The number of hydrogen-bond donors (Lipinski definition) is 1. The summed E-state index contributed by atoms with van der Waals surface area (Å²) in [7, 11) is 2.14. The molecule has 21 heavy (non-hydrogen) atoms. The van der Waals surface area contributed by atoms with Crippen LogP contribution in [-0.2, 0) is 6.54 Å². The van der Waals surface area contributed by atoms with E-state index >= 15 is 0 Å². The molecule has 0 atom stereocenters. The number of aryl methyl sites for hydroxylation is 1. The smallest absolute Gasteiger partial charge is 0.119 e. The van der Waals surface area contributed by atoms with Crippen LogP contribution in [-0.4, -0.2) is 25.1 Å². The summed E-state index contributed by atoms with van der Waals surface area (Å²) in [5.41, 5.74) is 9.08. The lowest BCUT2D eigenvalue weighted by atomic mass is 10.1. The lowest BCUT2D eigenvalue weighted by molar-refractivity contribution is 0.259. The summed E-state index contributed by atoms with van der Waals surface area (Å²) in [6.45, 7) is 4.85. The fourth-order valence-corrected chi connectivity index (χ4v) is 2.29. The van der Waals surface area contributed by atoms with Crippen LogP contribution < -0.4 is 10.5 Å². The molecule has 3 nitrogen and oxygen atoms in total. The standard InChI is InChI=1S/C18H24N2O/c1-15-5-3-6-16(13-15)14-20(2)11-4-12-21-18-9-7-17(19)8-10-18/h3,5-10,13H,4,11-12,14,19H2,1-2H3. The minimum absolute atomic E-state index is 0.724. The van der Waals surface area contributed by atoms with E-state index in [1.807, 2.05) is 24.3 Å². The summed E-state index contributed by atoms with van der Waals surface area (Å²) >= 11 is 0. The maximum absolute atomic E-state index is 5.70. The van der Waals surface area contributed by atoms with Crippen molar-refractivity contribution < 1.29 is 4.74 Å². The van der Waals surface area contributed by atoms with Gasteiger partial charge in [-0.2, -0.15) is 0 Å². The molecule has 0 unspecified atom stereocenters. The van der Waals surface area contributed by atoms with Crippen LogP contribution in [0, 0.1) is 6.92 Å². The van der Waals surface area contributed by atoms with Gasteiger partial charge in [0.05, 0.1) is 6.61 Å². The van der Waals surface area contributed by atoms with Crippen molar-refractivity contribution in [3.8, 4) is 5.75 Å². The fourth-order valence-electron chi connectivity index (χ4n) is 2.29. The summed E-state index contributed by atoms with van der Waals surface area (Å²) in [6.07, 6.45) is 1.01. The Bertz CT molecular complexity index is 551. The Hall–Kier alpha value is -2.00. The van der Waals surface area contributed by atoms with E-state index in [0.717, 1.165) is 37.6 Å². The molecule has 0 amide bonds. The largest absolute Gasteiger partial charge is 0.494 e. The van der Waals surface area contributed by atoms with E-state index in [4.69, 9.17) is 10.5 Å². The molecule has 0 aliphatic rings. The van der Waals surface area contributed by atoms with Crippen LogP contribution in [0.2, 0.25) is 0 Å². The number of hydrogen-bond acceptors (Lipinski definition) is 3. The van der Waals surface area contributed by atoms with Gasteiger partial charge in [0.2, 0.25) is 0 Å². The van der Waals surface area contributed by atoms with Crippen molar-refractivity contribution in [1.82, 2.24) is 4.90 Å². The number of nitrogens with zero attached hydrogens (tertiary/aromatic N) is 1. The van der Waals surface area contributed by atoms with Gasteiger partial charge in [-0.15, -0.1) is 0 Å². The van der Waals surface area contributed by atoms with Crippen molar-refractivity contribution in [2.75, 3.05) is 25.9 Å². The molecule has 0 heterocycles. The molecule has 0 saturated heterocycles. The van der Waals surface area contributed by atoms with E-state index in [1.54, 1.807) is 0 Å². The van der Waals surface area contributed by atoms with Crippen molar-refractivity contribution in [3.63, 3.8) is 0 Å². The van der Waals surface area contributed by atoms with Crippen LogP contribution in [0.5, 0.6) is 5.75 Å².